The highest BCUT2D eigenvalue weighted by Crippen LogP contribution is 2.35. The van der Waals surface area contributed by atoms with E-state index < -0.39 is 0 Å². The van der Waals surface area contributed by atoms with Crippen molar-refractivity contribution < 1.29 is 5.11 Å². The predicted octanol–water partition coefficient (Wildman–Crippen LogP) is 4.12. The Kier molecular flexibility index (Phi) is 2.85. The summed E-state index contributed by atoms with van der Waals surface area (Å²) in [6, 6.07) is 7.78. The number of thiophene rings is 1. The zero-order valence-corrected chi connectivity index (χ0v) is 11.3. The quantitative estimate of drug-likeness (QED) is 0.714. The summed E-state index contributed by atoms with van der Waals surface area (Å²) in [5, 5.41) is 11.7. The van der Waals surface area contributed by atoms with Gasteiger partial charge >= 0.3 is 0 Å². The number of aromatic nitrogens is 1. The second-order valence-electron chi connectivity index (χ2n) is 3.82. The molecule has 0 bridgehead atoms. The van der Waals surface area contributed by atoms with Gasteiger partial charge in [0, 0.05) is 21.2 Å². The van der Waals surface area contributed by atoms with Crippen molar-refractivity contribution in [1.82, 2.24) is 4.98 Å². The fraction of sp³-hybridized carbons (Fsp3) is 0.0769. The molecule has 0 aliphatic rings. The summed E-state index contributed by atoms with van der Waals surface area (Å²) in [7, 11) is 0. The van der Waals surface area contributed by atoms with Crippen LogP contribution in [0, 0.1) is 6.92 Å². The Labute approximate surface area is 112 Å². The maximum atomic E-state index is 10.1. The van der Waals surface area contributed by atoms with Crippen molar-refractivity contribution in [2.24, 2.45) is 4.99 Å². The lowest BCUT2D eigenvalue weighted by Gasteiger charge is -1.89. The Balaban J connectivity index is 2.00. The molecule has 0 amide bonds. The molecule has 2 aromatic heterocycles. The number of fused-ring (bicyclic) bond motifs is 1. The van der Waals surface area contributed by atoms with E-state index in [-0.39, 0.29) is 0 Å². The van der Waals surface area contributed by atoms with Gasteiger partial charge in [0.1, 0.15) is 5.75 Å². The maximum absolute atomic E-state index is 10.1. The number of hydrogen-bond acceptors (Lipinski definition) is 5. The van der Waals surface area contributed by atoms with Crippen LogP contribution in [-0.2, 0) is 0 Å². The summed E-state index contributed by atoms with van der Waals surface area (Å²) in [5.74, 6) is 0.299. The van der Waals surface area contributed by atoms with Gasteiger partial charge in [0.05, 0.1) is 11.1 Å². The molecule has 1 N–H and O–H groups in total. The first-order valence-electron chi connectivity index (χ1n) is 5.41. The second kappa shape index (κ2) is 4.51. The van der Waals surface area contributed by atoms with Gasteiger partial charge in [0.25, 0.3) is 0 Å². The molecular formula is C13H10N2OS2. The van der Waals surface area contributed by atoms with Crippen molar-refractivity contribution in [3.8, 4) is 5.75 Å². The molecule has 0 unspecified atom stereocenters. The maximum Gasteiger partial charge on any atom is 0.209 e. The SMILES string of the molecule is Cc1cnc(/N=C/c2sc3ccccc3c2O)s1. The lowest BCUT2D eigenvalue weighted by molar-refractivity contribution is 0.483. The zero-order valence-electron chi connectivity index (χ0n) is 9.62. The minimum Gasteiger partial charge on any atom is -0.506 e. The first-order chi connectivity index (χ1) is 8.74. The van der Waals surface area contributed by atoms with Crippen LogP contribution in [0.3, 0.4) is 0 Å². The van der Waals surface area contributed by atoms with Gasteiger partial charge in [-0.3, -0.25) is 0 Å². The van der Waals surface area contributed by atoms with E-state index >= 15 is 0 Å². The number of aliphatic imine (C=N–C) groups is 1. The highest BCUT2D eigenvalue weighted by molar-refractivity contribution is 7.21. The van der Waals surface area contributed by atoms with E-state index in [0.717, 1.165) is 19.8 Å². The van der Waals surface area contributed by atoms with Crippen LogP contribution in [0.5, 0.6) is 5.75 Å². The van der Waals surface area contributed by atoms with Gasteiger partial charge < -0.3 is 5.11 Å². The summed E-state index contributed by atoms with van der Waals surface area (Å²) in [4.78, 5) is 10.3. The van der Waals surface area contributed by atoms with Gasteiger partial charge in [-0.05, 0) is 19.1 Å². The summed E-state index contributed by atoms with van der Waals surface area (Å²) < 4.78 is 1.06. The van der Waals surface area contributed by atoms with Gasteiger partial charge in [-0.1, -0.05) is 12.1 Å². The summed E-state index contributed by atoms with van der Waals surface area (Å²) in [6.45, 7) is 1.99. The van der Waals surface area contributed by atoms with Crippen LogP contribution >= 0.6 is 22.7 Å². The zero-order chi connectivity index (χ0) is 12.5. The fourth-order valence-corrected chi connectivity index (χ4v) is 3.23. The number of hydrogen-bond donors (Lipinski definition) is 1. The van der Waals surface area contributed by atoms with Crippen molar-refractivity contribution in [2.75, 3.05) is 0 Å². The lowest BCUT2D eigenvalue weighted by atomic mass is 10.2. The van der Waals surface area contributed by atoms with Crippen LogP contribution in [0.2, 0.25) is 0 Å². The van der Waals surface area contributed by atoms with Crippen molar-refractivity contribution in [1.29, 1.82) is 0 Å². The molecule has 0 saturated heterocycles. The van der Waals surface area contributed by atoms with Gasteiger partial charge in [-0.15, -0.1) is 22.7 Å². The standard InChI is InChI=1S/C13H10N2OS2/c1-8-6-14-13(17-8)15-7-11-12(16)9-4-2-3-5-10(9)18-11/h2-7,16H,1H3/b15-7+. The Morgan fingerprint density at radius 1 is 1.28 bits per heavy atom. The molecule has 0 fully saturated rings. The average molecular weight is 274 g/mol. The Morgan fingerprint density at radius 3 is 2.83 bits per heavy atom. The van der Waals surface area contributed by atoms with E-state index in [1.807, 2.05) is 31.2 Å². The molecular weight excluding hydrogens is 264 g/mol. The molecule has 0 radical (unpaired) electrons. The molecule has 5 heteroatoms. The second-order valence-corrected chi connectivity index (χ2v) is 6.12. The van der Waals surface area contributed by atoms with Crippen molar-refractivity contribution >= 4 is 44.1 Å². The Hall–Kier alpha value is -1.72. The topological polar surface area (TPSA) is 45.5 Å². The number of aryl methyl sites for hydroxylation is 1. The molecule has 0 aliphatic carbocycles. The van der Waals surface area contributed by atoms with Gasteiger partial charge in [0.15, 0.2) is 0 Å². The van der Waals surface area contributed by atoms with E-state index in [9.17, 15) is 5.11 Å². The molecule has 3 nitrogen and oxygen atoms in total. The minimum atomic E-state index is 0.299. The smallest absolute Gasteiger partial charge is 0.209 e. The van der Waals surface area contributed by atoms with Crippen LogP contribution < -0.4 is 0 Å². The summed E-state index contributed by atoms with van der Waals surface area (Å²) in [6.07, 6.45) is 3.47. The molecule has 1 aromatic carbocycles. The fourth-order valence-electron chi connectivity index (χ4n) is 1.65. The number of nitrogens with zero attached hydrogens (tertiary/aromatic N) is 2. The minimum absolute atomic E-state index is 0.299. The molecule has 3 rings (SSSR count). The van der Waals surface area contributed by atoms with Crippen molar-refractivity contribution in [2.45, 2.75) is 6.92 Å². The van der Waals surface area contributed by atoms with Crippen LogP contribution in [-0.4, -0.2) is 16.3 Å². The monoisotopic (exact) mass is 274 g/mol. The molecule has 0 saturated carbocycles. The van der Waals surface area contributed by atoms with Crippen LogP contribution in [0.1, 0.15) is 9.75 Å². The number of rotatable bonds is 2. The molecule has 2 heterocycles. The molecule has 0 atom stereocenters. The summed E-state index contributed by atoms with van der Waals surface area (Å²) >= 11 is 3.06. The van der Waals surface area contributed by atoms with E-state index in [1.165, 1.54) is 22.7 Å². The van der Waals surface area contributed by atoms with Crippen molar-refractivity contribution in [3.63, 3.8) is 0 Å². The Bertz CT molecular complexity index is 728. The third kappa shape index (κ3) is 2.02. The lowest BCUT2D eigenvalue weighted by Crippen LogP contribution is -1.73. The first kappa shape index (κ1) is 11.4. The van der Waals surface area contributed by atoms with Crippen LogP contribution in [0.25, 0.3) is 10.1 Å². The van der Waals surface area contributed by atoms with Gasteiger partial charge in [0.2, 0.25) is 5.13 Å². The summed E-state index contributed by atoms with van der Waals surface area (Å²) in [5.41, 5.74) is 0. The van der Waals surface area contributed by atoms with Crippen LogP contribution in [0.15, 0.2) is 35.5 Å². The van der Waals surface area contributed by atoms with E-state index in [1.54, 1.807) is 12.4 Å². The van der Waals surface area contributed by atoms with E-state index in [2.05, 4.69) is 9.98 Å². The predicted molar refractivity (Wildman–Crippen MR) is 77.6 cm³/mol. The molecule has 0 spiro atoms. The van der Waals surface area contributed by atoms with Gasteiger partial charge in [-0.25, -0.2) is 9.98 Å². The van der Waals surface area contributed by atoms with E-state index in [0.29, 0.717) is 10.9 Å². The van der Waals surface area contributed by atoms with Crippen molar-refractivity contribution in [3.05, 3.63) is 40.2 Å². The third-order valence-electron chi connectivity index (χ3n) is 2.50. The largest absolute Gasteiger partial charge is 0.506 e. The van der Waals surface area contributed by atoms with Crippen LogP contribution in [0.4, 0.5) is 5.13 Å². The molecule has 18 heavy (non-hydrogen) atoms. The number of thiazole rings is 1. The highest BCUT2D eigenvalue weighted by atomic mass is 32.1. The van der Waals surface area contributed by atoms with Gasteiger partial charge in [-0.2, -0.15) is 0 Å². The van der Waals surface area contributed by atoms with E-state index in [4.69, 9.17) is 0 Å². The highest BCUT2D eigenvalue weighted by Gasteiger charge is 2.08. The molecule has 3 aromatic rings. The first-order valence-corrected chi connectivity index (χ1v) is 7.04. The normalized spacial score (nSPS) is 11.6. The molecule has 90 valence electrons. The number of benzene rings is 1. The molecule has 0 aliphatic heterocycles. The Morgan fingerprint density at radius 2 is 2.11 bits per heavy atom. The third-order valence-corrected chi connectivity index (χ3v) is 4.41. The average Bonchev–Trinajstić information content (AvgIpc) is 2.92. The number of aromatic hydroxyl groups is 1.